The van der Waals surface area contributed by atoms with Gasteiger partial charge in [-0.3, -0.25) is 4.90 Å². The molecule has 20 heavy (non-hydrogen) atoms. The van der Waals surface area contributed by atoms with Crippen molar-refractivity contribution in [1.29, 1.82) is 0 Å². The van der Waals surface area contributed by atoms with Gasteiger partial charge in [0.05, 0.1) is 6.61 Å². The number of methoxy groups -OCH3 is 1. The topological polar surface area (TPSA) is 24.5 Å². The number of hydrogen-bond donors (Lipinski definition) is 1. The van der Waals surface area contributed by atoms with Gasteiger partial charge in [0.25, 0.3) is 0 Å². The zero-order valence-electron chi connectivity index (χ0n) is 14.7. The standard InChI is InChI=1S/C17H38N2O/c1-7-10-18-13-17(14-20-6)19(11-8-15(2)3)12-9-16(4)5/h15-18H,7-14H2,1-6H3. The maximum Gasteiger partial charge on any atom is 0.0630 e. The highest BCUT2D eigenvalue weighted by Crippen LogP contribution is 2.10. The molecule has 0 rings (SSSR count). The van der Waals surface area contributed by atoms with Crippen LogP contribution >= 0.6 is 0 Å². The molecular weight excluding hydrogens is 248 g/mol. The van der Waals surface area contributed by atoms with Crippen LogP contribution in [0.5, 0.6) is 0 Å². The summed E-state index contributed by atoms with van der Waals surface area (Å²) in [5.41, 5.74) is 0. The molecule has 3 nitrogen and oxygen atoms in total. The van der Waals surface area contributed by atoms with E-state index in [2.05, 4.69) is 44.8 Å². The van der Waals surface area contributed by atoms with Gasteiger partial charge in [-0.2, -0.15) is 0 Å². The van der Waals surface area contributed by atoms with Crippen LogP contribution in [0.1, 0.15) is 53.9 Å². The summed E-state index contributed by atoms with van der Waals surface area (Å²) in [6.07, 6.45) is 3.73. The Balaban J connectivity index is 4.43. The highest BCUT2D eigenvalue weighted by Gasteiger charge is 2.18. The van der Waals surface area contributed by atoms with E-state index in [0.717, 1.165) is 31.5 Å². The Hall–Kier alpha value is -0.120. The minimum absolute atomic E-state index is 0.504. The lowest BCUT2D eigenvalue weighted by atomic mass is 10.1. The van der Waals surface area contributed by atoms with Gasteiger partial charge in [-0.25, -0.2) is 0 Å². The molecule has 1 atom stereocenters. The van der Waals surface area contributed by atoms with Crippen molar-refractivity contribution < 1.29 is 4.74 Å². The van der Waals surface area contributed by atoms with E-state index in [1.807, 2.05) is 7.11 Å². The third-order valence-electron chi connectivity index (χ3n) is 3.67. The average molecular weight is 287 g/mol. The molecule has 0 spiro atoms. The molecular formula is C17H38N2O. The van der Waals surface area contributed by atoms with Crippen LogP contribution in [-0.2, 0) is 4.74 Å². The van der Waals surface area contributed by atoms with Gasteiger partial charge in [-0.1, -0.05) is 34.6 Å². The number of rotatable bonds is 13. The lowest BCUT2D eigenvalue weighted by Gasteiger charge is -2.32. The number of hydrogen-bond acceptors (Lipinski definition) is 3. The maximum absolute atomic E-state index is 5.45. The molecule has 1 N–H and O–H groups in total. The smallest absolute Gasteiger partial charge is 0.0630 e. The Kier molecular flexibility index (Phi) is 12.5. The second kappa shape index (κ2) is 12.6. The van der Waals surface area contributed by atoms with Crippen molar-refractivity contribution in [3.63, 3.8) is 0 Å². The van der Waals surface area contributed by atoms with E-state index >= 15 is 0 Å². The highest BCUT2D eigenvalue weighted by atomic mass is 16.5. The minimum Gasteiger partial charge on any atom is -0.383 e. The molecule has 0 aliphatic heterocycles. The molecule has 1 unspecified atom stereocenters. The van der Waals surface area contributed by atoms with Crippen LogP contribution in [-0.4, -0.2) is 50.8 Å². The quantitative estimate of drug-likeness (QED) is 0.525. The van der Waals surface area contributed by atoms with Gasteiger partial charge in [0.1, 0.15) is 0 Å². The van der Waals surface area contributed by atoms with Crippen LogP contribution < -0.4 is 5.32 Å². The van der Waals surface area contributed by atoms with E-state index in [0.29, 0.717) is 6.04 Å². The van der Waals surface area contributed by atoms with Crippen molar-refractivity contribution in [1.82, 2.24) is 10.2 Å². The minimum atomic E-state index is 0.504. The molecule has 0 aromatic carbocycles. The molecule has 0 aliphatic rings. The van der Waals surface area contributed by atoms with Gasteiger partial charge >= 0.3 is 0 Å². The van der Waals surface area contributed by atoms with Crippen LogP contribution in [0.4, 0.5) is 0 Å². The van der Waals surface area contributed by atoms with E-state index in [1.54, 1.807) is 0 Å². The van der Waals surface area contributed by atoms with Crippen molar-refractivity contribution in [3.05, 3.63) is 0 Å². The Labute approximate surface area is 127 Å². The predicted octanol–water partition coefficient (Wildman–Crippen LogP) is 3.40. The fourth-order valence-electron chi connectivity index (χ4n) is 2.26. The molecule has 0 amide bonds. The van der Waals surface area contributed by atoms with Crippen LogP contribution in [0, 0.1) is 11.8 Å². The second-order valence-electron chi connectivity index (χ2n) is 6.71. The molecule has 0 aromatic rings. The summed E-state index contributed by atoms with van der Waals surface area (Å²) >= 11 is 0. The van der Waals surface area contributed by atoms with E-state index in [1.165, 1.54) is 32.4 Å². The molecule has 0 saturated heterocycles. The fraction of sp³-hybridized carbons (Fsp3) is 1.00. The monoisotopic (exact) mass is 286 g/mol. The number of ether oxygens (including phenoxy) is 1. The van der Waals surface area contributed by atoms with Crippen LogP contribution in [0.25, 0.3) is 0 Å². The van der Waals surface area contributed by atoms with E-state index in [4.69, 9.17) is 4.74 Å². The average Bonchev–Trinajstić information content (AvgIpc) is 2.38. The van der Waals surface area contributed by atoms with Crippen LogP contribution in [0.15, 0.2) is 0 Å². The van der Waals surface area contributed by atoms with Gasteiger partial charge < -0.3 is 10.1 Å². The van der Waals surface area contributed by atoms with Gasteiger partial charge in [-0.15, -0.1) is 0 Å². The SMILES string of the molecule is CCCNCC(COC)N(CCC(C)C)CCC(C)C. The molecule has 3 heteroatoms. The Bertz CT molecular complexity index is 195. The Morgan fingerprint density at radius 1 is 1.00 bits per heavy atom. The zero-order chi connectivity index (χ0) is 15.4. The Morgan fingerprint density at radius 2 is 1.55 bits per heavy atom. The number of nitrogens with one attached hydrogen (secondary N) is 1. The molecule has 0 radical (unpaired) electrons. The van der Waals surface area contributed by atoms with Gasteiger partial charge in [-0.05, 0) is 50.7 Å². The first-order valence-electron chi connectivity index (χ1n) is 8.44. The van der Waals surface area contributed by atoms with E-state index in [-0.39, 0.29) is 0 Å². The van der Waals surface area contributed by atoms with E-state index < -0.39 is 0 Å². The number of nitrogens with zero attached hydrogens (tertiary/aromatic N) is 1. The largest absolute Gasteiger partial charge is 0.383 e. The van der Waals surface area contributed by atoms with Crippen molar-refractivity contribution in [3.8, 4) is 0 Å². The molecule has 122 valence electrons. The first-order valence-corrected chi connectivity index (χ1v) is 8.44. The van der Waals surface area contributed by atoms with Gasteiger partial charge in [0.15, 0.2) is 0 Å². The van der Waals surface area contributed by atoms with Crippen LogP contribution in [0.3, 0.4) is 0 Å². The van der Waals surface area contributed by atoms with Gasteiger partial charge in [0, 0.05) is 19.7 Å². The summed E-state index contributed by atoms with van der Waals surface area (Å²) in [6, 6.07) is 0.504. The maximum atomic E-state index is 5.45. The predicted molar refractivity (Wildman–Crippen MR) is 89.3 cm³/mol. The lowest BCUT2D eigenvalue weighted by Crippen LogP contribution is -2.46. The first kappa shape index (κ1) is 19.9. The third-order valence-corrected chi connectivity index (χ3v) is 3.67. The highest BCUT2D eigenvalue weighted by molar-refractivity contribution is 4.75. The molecule has 0 aromatic heterocycles. The summed E-state index contributed by atoms with van der Waals surface area (Å²) in [6.45, 7) is 16.8. The molecule has 0 fully saturated rings. The molecule has 0 heterocycles. The van der Waals surface area contributed by atoms with Crippen molar-refractivity contribution >= 4 is 0 Å². The fourth-order valence-corrected chi connectivity index (χ4v) is 2.26. The summed E-state index contributed by atoms with van der Waals surface area (Å²) in [5, 5.41) is 3.55. The summed E-state index contributed by atoms with van der Waals surface area (Å²) < 4.78 is 5.45. The van der Waals surface area contributed by atoms with Gasteiger partial charge in [0.2, 0.25) is 0 Å². The normalized spacial score (nSPS) is 13.7. The summed E-state index contributed by atoms with van der Waals surface area (Å²) in [7, 11) is 1.82. The Morgan fingerprint density at radius 3 is 1.95 bits per heavy atom. The molecule has 0 saturated carbocycles. The van der Waals surface area contributed by atoms with Crippen molar-refractivity contribution in [2.45, 2.75) is 59.9 Å². The summed E-state index contributed by atoms with van der Waals surface area (Å²) in [5.74, 6) is 1.53. The zero-order valence-corrected chi connectivity index (χ0v) is 14.7. The van der Waals surface area contributed by atoms with Crippen LogP contribution in [0.2, 0.25) is 0 Å². The van der Waals surface area contributed by atoms with Crippen molar-refractivity contribution in [2.24, 2.45) is 11.8 Å². The van der Waals surface area contributed by atoms with Crippen molar-refractivity contribution in [2.75, 3.05) is 39.9 Å². The first-order chi connectivity index (χ1) is 9.51. The van der Waals surface area contributed by atoms with E-state index in [9.17, 15) is 0 Å². The lowest BCUT2D eigenvalue weighted by molar-refractivity contribution is 0.0826. The summed E-state index contributed by atoms with van der Waals surface area (Å²) in [4.78, 5) is 2.63. The third kappa shape index (κ3) is 10.6. The molecule has 0 aliphatic carbocycles. The molecule has 0 bridgehead atoms. The second-order valence-corrected chi connectivity index (χ2v) is 6.71.